The summed E-state index contributed by atoms with van der Waals surface area (Å²) in [6.45, 7) is 3.33. The van der Waals surface area contributed by atoms with Crippen LogP contribution in [0.5, 0.6) is 0 Å². The Balaban J connectivity index is 2.11. The topological polar surface area (TPSA) is 84.5 Å². The summed E-state index contributed by atoms with van der Waals surface area (Å²) in [4.78, 5) is 11.4. The summed E-state index contributed by atoms with van der Waals surface area (Å²) in [5.41, 5.74) is 0. The summed E-state index contributed by atoms with van der Waals surface area (Å²) in [6, 6.07) is 0.426. The maximum Gasteiger partial charge on any atom is 0.306 e. The maximum absolute atomic E-state index is 11.4. The first-order valence-corrected chi connectivity index (χ1v) is 9.13. The van der Waals surface area contributed by atoms with Crippen molar-refractivity contribution in [1.82, 2.24) is 10.0 Å². The third-order valence-electron chi connectivity index (χ3n) is 3.53. The lowest BCUT2D eigenvalue weighted by Crippen LogP contribution is -2.38. The van der Waals surface area contributed by atoms with Crippen LogP contribution in [0, 0.1) is 5.92 Å². The SMILES string of the molecule is CCOC(=O)CC1CCC(NCCNS(C)(=O)=O)CC1. The van der Waals surface area contributed by atoms with Gasteiger partial charge in [-0.3, -0.25) is 4.79 Å². The van der Waals surface area contributed by atoms with E-state index in [2.05, 4.69) is 10.0 Å². The molecule has 0 saturated heterocycles. The second-order valence-corrected chi connectivity index (χ2v) is 7.18. The number of hydrogen-bond donors (Lipinski definition) is 2. The van der Waals surface area contributed by atoms with Crippen molar-refractivity contribution < 1.29 is 17.9 Å². The Morgan fingerprint density at radius 2 is 1.85 bits per heavy atom. The summed E-state index contributed by atoms with van der Waals surface area (Å²) in [5, 5.41) is 3.35. The molecule has 0 unspecified atom stereocenters. The molecule has 6 nitrogen and oxygen atoms in total. The Morgan fingerprint density at radius 3 is 2.40 bits per heavy atom. The van der Waals surface area contributed by atoms with Gasteiger partial charge in [0.1, 0.15) is 0 Å². The number of nitrogens with one attached hydrogen (secondary N) is 2. The molecule has 1 saturated carbocycles. The first kappa shape index (κ1) is 17.4. The summed E-state index contributed by atoms with van der Waals surface area (Å²) in [7, 11) is -3.10. The van der Waals surface area contributed by atoms with E-state index in [0.717, 1.165) is 31.9 Å². The third kappa shape index (κ3) is 7.81. The molecular formula is C13H26N2O4S. The van der Waals surface area contributed by atoms with Gasteiger partial charge in [0.25, 0.3) is 0 Å². The van der Waals surface area contributed by atoms with Crippen molar-refractivity contribution in [1.29, 1.82) is 0 Å². The molecule has 2 N–H and O–H groups in total. The van der Waals surface area contributed by atoms with Gasteiger partial charge < -0.3 is 10.1 Å². The van der Waals surface area contributed by atoms with Crippen molar-refractivity contribution in [2.24, 2.45) is 5.92 Å². The van der Waals surface area contributed by atoms with Crippen LogP contribution in [-0.4, -0.2) is 46.4 Å². The zero-order valence-electron chi connectivity index (χ0n) is 12.4. The zero-order chi connectivity index (χ0) is 15.0. The predicted octanol–water partition coefficient (Wildman–Crippen LogP) is 0.637. The van der Waals surface area contributed by atoms with Crippen LogP contribution in [0.4, 0.5) is 0 Å². The molecule has 1 aliphatic rings. The van der Waals surface area contributed by atoms with Gasteiger partial charge in [0.2, 0.25) is 10.0 Å². The monoisotopic (exact) mass is 306 g/mol. The van der Waals surface area contributed by atoms with E-state index in [0.29, 0.717) is 38.1 Å². The van der Waals surface area contributed by atoms with Crippen LogP contribution in [-0.2, 0) is 19.6 Å². The quantitative estimate of drug-likeness (QED) is 0.508. The highest BCUT2D eigenvalue weighted by atomic mass is 32.2. The molecule has 0 spiro atoms. The van der Waals surface area contributed by atoms with E-state index in [1.54, 1.807) is 0 Å². The van der Waals surface area contributed by atoms with E-state index in [4.69, 9.17) is 4.74 Å². The zero-order valence-corrected chi connectivity index (χ0v) is 13.2. The summed E-state index contributed by atoms with van der Waals surface area (Å²) in [5.74, 6) is 0.336. The highest BCUT2D eigenvalue weighted by Gasteiger charge is 2.23. The van der Waals surface area contributed by atoms with Crippen molar-refractivity contribution in [3.63, 3.8) is 0 Å². The van der Waals surface area contributed by atoms with Crippen molar-refractivity contribution in [3.05, 3.63) is 0 Å². The Hall–Kier alpha value is -0.660. The fourth-order valence-corrected chi connectivity index (χ4v) is 3.01. The Morgan fingerprint density at radius 1 is 1.20 bits per heavy atom. The molecule has 0 aromatic carbocycles. The van der Waals surface area contributed by atoms with Gasteiger partial charge in [-0.05, 0) is 38.5 Å². The molecule has 0 bridgehead atoms. The molecule has 0 atom stereocenters. The van der Waals surface area contributed by atoms with E-state index in [1.165, 1.54) is 0 Å². The van der Waals surface area contributed by atoms with Crippen LogP contribution < -0.4 is 10.0 Å². The van der Waals surface area contributed by atoms with Gasteiger partial charge in [-0.15, -0.1) is 0 Å². The molecule has 118 valence electrons. The minimum atomic E-state index is -3.10. The third-order valence-corrected chi connectivity index (χ3v) is 4.26. The summed E-state index contributed by atoms with van der Waals surface area (Å²) >= 11 is 0. The molecule has 20 heavy (non-hydrogen) atoms. The largest absolute Gasteiger partial charge is 0.466 e. The molecule has 0 radical (unpaired) electrons. The number of hydrogen-bond acceptors (Lipinski definition) is 5. The Kier molecular flexibility index (Phi) is 7.47. The van der Waals surface area contributed by atoms with E-state index >= 15 is 0 Å². The molecule has 7 heteroatoms. The molecule has 0 aliphatic heterocycles. The van der Waals surface area contributed by atoms with Gasteiger partial charge in [0.05, 0.1) is 12.9 Å². The van der Waals surface area contributed by atoms with Crippen molar-refractivity contribution in [2.75, 3.05) is 26.0 Å². The second-order valence-electron chi connectivity index (χ2n) is 5.35. The molecule has 0 amide bonds. The first-order chi connectivity index (χ1) is 9.40. The van der Waals surface area contributed by atoms with Gasteiger partial charge >= 0.3 is 5.97 Å². The predicted molar refractivity (Wildman–Crippen MR) is 77.8 cm³/mol. The van der Waals surface area contributed by atoms with Crippen LogP contribution in [0.3, 0.4) is 0 Å². The van der Waals surface area contributed by atoms with Crippen LogP contribution in [0.25, 0.3) is 0 Å². The fourth-order valence-electron chi connectivity index (χ4n) is 2.54. The van der Waals surface area contributed by atoms with Crippen LogP contribution in [0.15, 0.2) is 0 Å². The van der Waals surface area contributed by atoms with Crippen molar-refractivity contribution in [3.8, 4) is 0 Å². The number of rotatable bonds is 8. The van der Waals surface area contributed by atoms with E-state index in [9.17, 15) is 13.2 Å². The molecule has 0 aromatic heterocycles. The van der Waals surface area contributed by atoms with Gasteiger partial charge in [-0.1, -0.05) is 0 Å². The lowest BCUT2D eigenvalue weighted by Gasteiger charge is -2.28. The van der Waals surface area contributed by atoms with E-state index in [1.807, 2.05) is 6.92 Å². The Bertz CT molecular complexity index is 389. The minimum absolute atomic E-state index is 0.0961. The molecule has 1 aliphatic carbocycles. The van der Waals surface area contributed by atoms with Crippen molar-refractivity contribution in [2.45, 2.75) is 45.1 Å². The lowest BCUT2D eigenvalue weighted by atomic mass is 9.84. The average Bonchev–Trinajstić information content (AvgIpc) is 2.36. The molecule has 0 heterocycles. The summed E-state index contributed by atoms with van der Waals surface area (Å²) in [6.07, 6.45) is 5.79. The lowest BCUT2D eigenvalue weighted by molar-refractivity contribution is -0.144. The number of sulfonamides is 1. The van der Waals surface area contributed by atoms with Crippen molar-refractivity contribution >= 4 is 16.0 Å². The summed E-state index contributed by atoms with van der Waals surface area (Å²) < 4.78 is 29.2. The second kappa shape index (κ2) is 8.59. The van der Waals surface area contributed by atoms with E-state index in [-0.39, 0.29) is 5.97 Å². The van der Waals surface area contributed by atoms with Gasteiger partial charge in [0, 0.05) is 25.6 Å². The molecule has 1 rings (SSSR count). The van der Waals surface area contributed by atoms with E-state index < -0.39 is 10.0 Å². The number of carbonyl (C=O) groups is 1. The normalized spacial score (nSPS) is 23.5. The Labute approximate surface area is 121 Å². The highest BCUT2D eigenvalue weighted by Crippen LogP contribution is 2.27. The molecule has 0 aromatic rings. The first-order valence-electron chi connectivity index (χ1n) is 7.24. The van der Waals surface area contributed by atoms with Gasteiger partial charge in [0.15, 0.2) is 0 Å². The minimum Gasteiger partial charge on any atom is -0.466 e. The fraction of sp³-hybridized carbons (Fsp3) is 0.923. The van der Waals surface area contributed by atoms with Gasteiger partial charge in [-0.2, -0.15) is 0 Å². The van der Waals surface area contributed by atoms with Crippen LogP contribution in [0.2, 0.25) is 0 Å². The number of esters is 1. The van der Waals surface area contributed by atoms with Crippen LogP contribution >= 0.6 is 0 Å². The molecular weight excluding hydrogens is 280 g/mol. The standard InChI is InChI=1S/C13H26N2O4S/c1-3-19-13(16)10-11-4-6-12(7-5-11)14-8-9-15-20(2,17)18/h11-12,14-15H,3-10H2,1-2H3. The van der Waals surface area contributed by atoms with Crippen LogP contribution in [0.1, 0.15) is 39.0 Å². The smallest absolute Gasteiger partial charge is 0.306 e. The van der Waals surface area contributed by atoms with Gasteiger partial charge in [-0.25, -0.2) is 13.1 Å². The number of ether oxygens (including phenoxy) is 1. The average molecular weight is 306 g/mol. The maximum atomic E-state index is 11.4. The number of carbonyl (C=O) groups excluding carboxylic acids is 1. The molecule has 1 fully saturated rings. The highest BCUT2D eigenvalue weighted by molar-refractivity contribution is 7.88.